The Balaban J connectivity index is 1.75. The Kier molecular flexibility index (Phi) is 5.64. The van der Waals surface area contributed by atoms with E-state index in [4.69, 9.17) is 5.73 Å². The molecule has 3 rings (SSSR count). The summed E-state index contributed by atoms with van der Waals surface area (Å²) in [6, 6.07) is -0.965. The monoisotopic (exact) mass is 363 g/mol. The van der Waals surface area contributed by atoms with Crippen LogP contribution in [0, 0.1) is 0 Å². The first-order valence-corrected chi connectivity index (χ1v) is 8.77. The first kappa shape index (κ1) is 18.5. The van der Waals surface area contributed by atoms with Crippen molar-refractivity contribution in [3.8, 4) is 0 Å². The molecular weight excluding hydrogens is 338 g/mol. The average molecular weight is 363 g/mol. The van der Waals surface area contributed by atoms with E-state index in [9.17, 15) is 15.0 Å². The summed E-state index contributed by atoms with van der Waals surface area (Å²) < 4.78 is 1.73. The number of carbonyl (C=O) groups is 1. The highest BCUT2D eigenvalue weighted by atomic mass is 16.3. The molecule has 2 aromatic rings. The van der Waals surface area contributed by atoms with E-state index in [0.717, 1.165) is 6.42 Å². The topological polar surface area (TPSA) is 151 Å². The quantitative estimate of drug-likeness (QED) is 0.399. The number of carbonyl (C=O) groups excluding carboxylic acids is 1. The van der Waals surface area contributed by atoms with Gasteiger partial charge in [0.1, 0.15) is 24.1 Å². The van der Waals surface area contributed by atoms with E-state index in [0.29, 0.717) is 42.8 Å². The van der Waals surface area contributed by atoms with Crippen LogP contribution in [0.4, 0.5) is 5.82 Å². The molecule has 1 amide bonds. The molecule has 10 nitrogen and oxygen atoms in total. The molecule has 1 saturated carbocycles. The molecule has 4 atom stereocenters. The first-order valence-electron chi connectivity index (χ1n) is 8.77. The maximum atomic E-state index is 12.0. The number of nitrogens with zero attached hydrogens (tertiary/aromatic N) is 4. The van der Waals surface area contributed by atoms with Crippen LogP contribution in [0.25, 0.3) is 11.2 Å². The van der Waals surface area contributed by atoms with E-state index < -0.39 is 24.3 Å². The van der Waals surface area contributed by atoms with Crippen LogP contribution in [0.1, 0.15) is 31.7 Å². The van der Waals surface area contributed by atoms with Crippen molar-refractivity contribution in [1.82, 2.24) is 24.8 Å². The molecule has 0 aromatic carbocycles. The lowest BCUT2D eigenvalue weighted by Gasteiger charge is -2.18. The zero-order chi connectivity index (χ0) is 18.7. The Morgan fingerprint density at radius 2 is 2.12 bits per heavy atom. The zero-order valence-electron chi connectivity index (χ0n) is 14.7. The van der Waals surface area contributed by atoms with E-state index in [-0.39, 0.29) is 5.91 Å². The number of imidazole rings is 1. The number of rotatable bonds is 7. The van der Waals surface area contributed by atoms with Crippen LogP contribution in [0.3, 0.4) is 0 Å². The summed E-state index contributed by atoms with van der Waals surface area (Å²) in [6.45, 7) is 0.546. The number of hydrogen-bond donors (Lipinski definition) is 5. The number of aliphatic hydroxyl groups is 2. The van der Waals surface area contributed by atoms with Gasteiger partial charge in [-0.25, -0.2) is 15.0 Å². The van der Waals surface area contributed by atoms with Crippen molar-refractivity contribution >= 4 is 22.9 Å². The fourth-order valence-corrected chi connectivity index (χ4v) is 3.41. The number of nitrogens with one attached hydrogen (secondary N) is 2. The van der Waals surface area contributed by atoms with Crippen molar-refractivity contribution in [2.45, 2.75) is 50.0 Å². The molecule has 2 heterocycles. The third-order valence-corrected chi connectivity index (χ3v) is 4.81. The molecule has 10 heteroatoms. The molecule has 0 bridgehead atoms. The highest BCUT2D eigenvalue weighted by molar-refractivity contribution is 5.82. The van der Waals surface area contributed by atoms with Gasteiger partial charge in [-0.2, -0.15) is 0 Å². The van der Waals surface area contributed by atoms with Crippen LogP contribution < -0.4 is 16.4 Å². The van der Waals surface area contributed by atoms with Gasteiger partial charge in [0, 0.05) is 13.5 Å². The van der Waals surface area contributed by atoms with Crippen molar-refractivity contribution < 1.29 is 15.0 Å². The second kappa shape index (κ2) is 7.94. The molecule has 26 heavy (non-hydrogen) atoms. The maximum absolute atomic E-state index is 12.0. The number of fused-ring (bicyclic) bond motifs is 1. The van der Waals surface area contributed by atoms with Crippen molar-refractivity contribution in [2.75, 3.05) is 18.9 Å². The summed E-state index contributed by atoms with van der Waals surface area (Å²) >= 11 is 0. The molecule has 0 saturated heterocycles. The summed E-state index contributed by atoms with van der Waals surface area (Å²) in [4.78, 5) is 24.7. The van der Waals surface area contributed by atoms with Gasteiger partial charge in [0.05, 0.1) is 18.4 Å². The minimum atomic E-state index is -1.05. The second-order valence-corrected chi connectivity index (χ2v) is 6.50. The predicted octanol–water partition coefficient (Wildman–Crippen LogP) is -0.852. The van der Waals surface area contributed by atoms with E-state index in [1.165, 1.54) is 6.33 Å². The molecule has 6 N–H and O–H groups in total. The number of aromatic nitrogens is 4. The van der Waals surface area contributed by atoms with E-state index in [2.05, 4.69) is 25.6 Å². The molecule has 1 aliphatic rings. The summed E-state index contributed by atoms with van der Waals surface area (Å²) in [5.74, 6) is 0.442. The lowest BCUT2D eigenvalue weighted by Crippen LogP contribution is -2.43. The minimum absolute atomic E-state index is 0.148. The standard InChI is InChI=1S/C16H25N7O3/c1-18-15-12-16(20-7-19-15)23(8-21-12)10-6-9(13(25)14(10)26)22-11(24)4-2-3-5-17/h7-10,13-14,25-26H,2-6,17H2,1H3,(H,22,24)(H,18,19,20)/t9-,10+,13-,14+/m0/s1. The first-order chi connectivity index (χ1) is 12.6. The highest BCUT2D eigenvalue weighted by Gasteiger charge is 2.43. The molecular formula is C16H25N7O3. The summed E-state index contributed by atoms with van der Waals surface area (Å²) in [7, 11) is 1.74. The Morgan fingerprint density at radius 3 is 2.85 bits per heavy atom. The van der Waals surface area contributed by atoms with Crippen LogP contribution in [-0.4, -0.2) is 67.5 Å². The van der Waals surface area contributed by atoms with Gasteiger partial charge in [-0.05, 0) is 25.8 Å². The lowest BCUT2D eigenvalue weighted by molar-refractivity contribution is -0.122. The van der Waals surface area contributed by atoms with Crippen LogP contribution in [0.15, 0.2) is 12.7 Å². The summed E-state index contributed by atoms with van der Waals surface area (Å²) in [5, 5.41) is 26.6. The van der Waals surface area contributed by atoms with E-state index >= 15 is 0 Å². The molecule has 1 fully saturated rings. The number of nitrogens with two attached hydrogens (primary N) is 1. The largest absolute Gasteiger partial charge is 0.388 e. The fraction of sp³-hybridized carbons (Fsp3) is 0.625. The maximum Gasteiger partial charge on any atom is 0.220 e. The number of unbranched alkanes of at least 4 members (excludes halogenated alkanes) is 1. The second-order valence-electron chi connectivity index (χ2n) is 6.50. The van der Waals surface area contributed by atoms with Gasteiger partial charge >= 0.3 is 0 Å². The summed E-state index contributed by atoms with van der Waals surface area (Å²) in [5.41, 5.74) is 6.58. The van der Waals surface area contributed by atoms with Crippen LogP contribution in [0.5, 0.6) is 0 Å². The fourth-order valence-electron chi connectivity index (χ4n) is 3.41. The van der Waals surface area contributed by atoms with E-state index in [1.54, 1.807) is 17.9 Å². The van der Waals surface area contributed by atoms with E-state index in [1.807, 2.05) is 0 Å². The Hall–Kier alpha value is -2.30. The van der Waals surface area contributed by atoms with Gasteiger partial charge in [0.25, 0.3) is 0 Å². The number of aliphatic hydroxyl groups excluding tert-OH is 2. The van der Waals surface area contributed by atoms with Gasteiger partial charge in [0.15, 0.2) is 11.5 Å². The number of anilines is 1. The van der Waals surface area contributed by atoms with Gasteiger partial charge < -0.3 is 31.1 Å². The lowest BCUT2D eigenvalue weighted by atomic mass is 10.1. The Labute approximate surface area is 150 Å². The van der Waals surface area contributed by atoms with Crippen molar-refractivity contribution in [3.05, 3.63) is 12.7 Å². The van der Waals surface area contributed by atoms with Crippen molar-refractivity contribution in [1.29, 1.82) is 0 Å². The van der Waals surface area contributed by atoms with Gasteiger partial charge in [-0.1, -0.05) is 0 Å². The third kappa shape index (κ3) is 3.48. The predicted molar refractivity (Wildman–Crippen MR) is 95.4 cm³/mol. The molecule has 0 spiro atoms. The van der Waals surface area contributed by atoms with Crippen LogP contribution in [-0.2, 0) is 4.79 Å². The summed E-state index contributed by atoms with van der Waals surface area (Å²) in [6.07, 6.45) is 3.13. The smallest absolute Gasteiger partial charge is 0.220 e. The normalized spacial score (nSPS) is 25.5. The van der Waals surface area contributed by atoms with Crippen LogP contribution >= 0.6 is 0 Å². The van der Waals surface area contributed by atoms with Gasteiger partial charge in [-0.15, -0.1) is 0 Å². The minimum Gasteiger partial charge on any atom is -0.388 e. The molecule has 142 valence electrons. The van der Waals surface area contributed by atoms with Crippen LogP contribution in [0.2, 0.25) is 0 Å². The molecule has 1 aliphatic carbocycles. The zero-order valence-corrected chi connectivity index (χ0v) is 14.7. The Morgan fingerprint density at radius 1 is 1.31 bits per heavy atom. The number of hydrogen-bond acceptors (Lipinski definition) is 8. The number of amides is 1. The Bertz CT molecular complexity index is 765. The molecule has 0 unspecified atom stereocenters. The average Bonchev–Trinajstić information content (AvgIpc) is 3.18. The van der Waals surface area contributed by atoms with Crippen molar-refractivity contribution in [2.24, 2.45) is 5.73 Å². The highest BCUT2D eigenvalue weighted by Crippen LogP contribution is 2.33. The third-order valence-electron chi connectivity index (χ3n) is 4.81. The molecule has 0 radical (unpaired) electrons. The van der Waals surface area contributed by atoms with Gasteiger partial charge in [0.2, 0.25) is 5.91 Å². The SMILES string of the molecule is CNc1ncnc2c1ncn2[C@@H]1C[C@H](NC(=O)CCCCN)[C@H](O)[C@@H]1O. The van der Waals surface area contributed by atoms with Gasteiger partial charge in [-0.3, -0.25) is 4.79 Å². The van der Waals surface area contributed by atoms with Crippen molar-refractivity contribution in [3.63, 3.8) is 0 Å². The molecule has 0 aliphatic heterocycles. The molecule has 2 aromatic heterocycles.